The summed E-state index contributed by atoms with van der Waals surface area (Å²) >= 11 is 7.23. The molecule has 0 fully saturated rings. The molecule has 0 radical (unpaired) electrons. The second kappa shape index (κ2) is 5.23. The maximum atomic E-state index is 13.3. The van der Waals surface area contributed by atoms with Crippen LogP contribution in [0.2, 0.25) is 5.02 Å². The van der Waals surface area contributed by atoms with Gasteiger partial charge in [0.25, 0.3) is 0 Å². The highest BCUT2D eigenvalue weighted by Gasteiger charge is 2.03. The van der Waals surface area contributed by atoms with Crippen molar-refractivity contribution in [1.29, 1.82) is 0 Å². The van der Waals surface area contributed by atoms with Crippen molar-refractivity contribution in [2.24, 2.45) is 0 Å². The third kappa shape index (κ3) is 2.74. The highest BCUT2D eigenvalue weighted by Crippen LogP contribution is 2.27. The monoisotopic (exact) mass is 292 g/mol. The molecule has 0 bridgehead atoms. The van der Waals surface area contributed by atoms with Gasteiger partial charge >= 0.3 is 0 Å². The van der Waals surface area contributed by atoms with Gasteiger partial charge in [-0.1, -0.05) is 23.7 Å². The number of H-pyrrole nitrogens is 1. The molecule has 2 aromatic carbocycles. The highest BCUT2D eigenvalue weighted by molar-refractivity contribution is 7.98. The molecule has 0 aliphatic heterocycles. The average molecular weight is 293 g/mol. The molecular weight excluding hydrogens is 283 g/mol. The maximum Gasteiger partial charge on any atom is 0.142 e. The first-order valence-electron chi connectivity index (χ1n) is 5.72. The summed E-state index contributed by atoms with van der Waals surface area (Å²) in [7, 11) is 0. The first-order chi connectivity index (χ1) is 9.22. The number of nitrogens with zero attached hydrogens (tertiary/aromatic N) is 1. The number of aromatic nitrogens is 2. The highest BCUT2D eigenvalue weighted by atomic mass is 35.5. The standard InChI is InChI=1S/C14H10ClFN2S/c15-12-4-3-11(6-13(12)16)19-8-9-1-2-10-7-17-18-14(10)5-9/h1-7H,8H2,(H,17,18). The molecule has 0 saturated heterocycles. The van der Waals surface area contributed by atoms with Gasteiger partial charge < -0.3 is 0 Å². The quantitative estimate of drug-likeness (QED) is 0.712. The zero-order chi connectivity index (χ0) is 13.2. The van der Waals surface area contributed by atoms with Crippen LogP contribution in [0.3, 0.4) is 0 Å². The maximum absolute atomic E-state index is 13.3. The SMILES string of the molecule is Fc1cc(SCc2ccc3cn[nH]c3c2)ccc1Cl. The fraction of sp³-hybridized carbons (Fsp3) is 0.0714. The lowest BCUT2D eigenvalue weighted by molar-refractivity contribution is 0.624. The molecule has 0 amide bonds. The van der Waals surface area contributed by atoms with E-state index in [4.69, 9.17) is 11.6 Å². The van der Waals surface area contributed by atoms with Gasteiger partial charge in [-0.3, -0.25) is 5.10 Å². The lowest BCUT2D eigenvalue weighted by Gasteiger charge is -2.03. The van der Waals surface area contributed by atoms with E-state index in [0.29, 0.717) is 0 Å². The number of hydrogen-bond donors (Lipinski definition) is 1. The Morgan fingerprint density at radius 2 is 2.11 bits per heavy atom. The van der Waals surface area contributed by atoms with Crippen molar-refractivity contribution in [3.05, 3.63) is 59.0 Å². The predicted molar refractivity (Wildman–Crippen MR) is 77.1 cm³/mol. The van der Waals surface area contributed by atoms with Gasteiger partial charge in [0.1, 0.15) is 5.82 Å². The summed E-state index contributed by atoms with van der Waals surface area (Å²) in [5, 5.41) is 8.17. The third-order valence-corrected chi connectivity index (χ3v) is 4.17. The number of thioether (sulfide) groups is 1. The fourth-order valence-electron chi connectivity index (χ4n) is 1.81. The van der Waals surface area contributed by atoms with Gasteiger partial charge in [-0.15, -0.1) is 11.8 Å². The fourth-order valence-corrected chi connectivity index (χ4v) is 2.79. The summed E-state index contributed by atoms with van der Waals surface area (Å²) in [6, 6.07) is 11.0. The van der Waals surface area contributed by atoms with E-state index in [0.717, 1.165) is 27.1 Å². The van der Waals surface area contributed by atoms with Crippen molar-refractivity contribution in [2.45, 2.75) is 10.6 Å². The van der Waals surface area contributed by atoms with Crippen LogP contribution in [0.15, 0.2) is 47.5 Å². The summed E-state index contributed by atoms with van der Waals surface area (Å²) in [5.41, 5.74) is 2.18. The smallest absolute Gasteiger partial charge is 0.142 e. The van der Waals surface area contributed by atoms with Crippen LogP contribution in [0.4, 0.5) is 4.39 Å². The third-order valence-electron chi connectivity index (χ3n) is 2.80. The van der Waals surface area contributed by atoms with Crippen molar-refractivity contribution >= 4 is 34.3 Å². The van der Waals surface area contributed by atoms with E-state index in [9.17, 15) is 4.39 Å². The predicted octanol–water partition coefficient (Wildman–Crippen LogP) is 4.65. The normalized spacial score (nSPS) is 11.1. The Morgan fingerprint density at radius 3 is 2.95 bits per heavy atom. The molecule has 1 heterocycles. The molecule has 0 atom stereocenters. The molecule has 5 heteroatoms. The van der Waals surface area contributed by atoms with Crippen molar-refractivity contribution in [3.8, 4) is 0 Å². The molecule has 2 nitrogen and oxygen atoms in total. The number of halogens is 2. The van der Waals surface area contributed by atoms with Crippen LogP contribution in [0.25, 0.3) is 10.9 Å². The molecule has 19 heavy (non-hydrogen) atoms. The summed E-state index contributed by atoms with van der Waals surface area (Å²) in [5.74, 6) is 0.395. The largest absolute Gasteiger partial charge is 0.278 e. The number of aromatic amines is 1. The van der Waals surface area contributed by atoms with Crippen LogP contribution in [0.5, 0.6) is 0 Å². The van der Waals surface area contributed by atoms with Gasteiger partial charge in [0.15, 0.2) is 0 Å². The summed E-state index contributed by atoms with van der Waals surface area (Å²) in [4.78, 5) is 0.867. The molecular formula is C14H10ClFN2S. The number of fused-ring (bicyclic) bond motifs is 1. The van der Waals surface area contributed by atoms with Crippen molar-refractivity contribution < 1.29 is 4.39 Å². The van der Waals surface area contributed by atoms with Gasteiger partial charge in [-0.05, 0) is 29.8 Å². The van der Waals surface area contributed by atoms with Crippen LogP contribution >= 0.6 is 23.4 Å². The minimum atomic E-state index is -0.379. The Morgan fingerprint density at radius 1 is 1.21 bits per heavy atom. The van der Waals surface area contributed by atoms with Crippen molar-refractivity contribution in [2.75, 3.05) is 0 Å². The van der Waals surface area contributed by atoms with E-state index < -0.39 is 0 Å². The van der Waals surface area contributed by atoms with E-state index in [1.165, 1.54) is 6.07 Å². The number of benzene rings is 2. The van der Waals surface area contributed by atoms with E-state index in [1.807, 2.05) is 12.1 Å². The zero-order valence-corrected chi connectivity index (χ0v) is 11.4. The van der Waals surface area contributed by atoms with Gasteiger partial charge in [-0.25, -0.2) is 4.39 Å². The second-order valence-electron chi connectivity index (χ2n) is 4.16. The molecule has 0 aliphatic carbocycles. The molecule has 1 N–H and O–H groups in total. The molecule has 0 aliphatic rings. The lowest BCUT2D eigenvalue weighted by atomic mass is 10.2. The first-order valence-corrected chi connectivity index (χ1v) is 7.08. The molecule has 3 rings (SSSR count). The number of rotatable bonds is 3. The summed E-state index contributed by atoms with van der Waals surface area (Å²) < 4.78 is 13.3. The van der Waals surface area contributed by atoms with Crippen LogP contribution in [0, 0.1) is 5.82 Å². The molecule has 96 valence electrons. The van der Waals surface area contributed by atoms with E-state index in [2.05, 4.69) is 22.3 Å². The summed E-state index contributed by atoms with van der Waals surface area (Å²) in [6.45, 7) is 0. The first kappa shape index (κ1) is 12.5. The Hall–Kier alpha value is -1.52. The summed E-state index contributed by atoms with van der Waals surface area (Å²) in [6.07, 6.45) is 1.79. The minimum Gasteiger partial charge on any atom is -0.278 e. The Bertz CT molecular complexity index is 726. The number of hydrogen-bond acceptors (Lipinski definition) is 2. The average Bonchev–Trinajstić information content (AvgIpc) is 2.87. The Labute approximate surface area is 119 Å². The van der Waals surface area contributed by atoms with E-state index in [-0.39, 0.29) is 10.8 Å². The minimum absolute atomic E-state index is 0.156. The van der Waals surface area contributed by atoms with Gasteiger partial charge in [0.05, 0.1) is 16.7 Å². The molecule has 0 spiro atoms. The van der Waals surface area contributed by atoms with Gasteiger partial charge in [0.2, 0.25) is 0 Å². The molecule has 3 aromatic rings. The Balaban J connectivity index is 1.75. The second-order valence-corrected chi connectivity index (χ2v) is 5.61. The zero-order valence-electron chi connectivity index (χ0n) is 9.86. The van der Waals surface area contributed by atoms with Crippen LogP contribution < -0.4 is 0 Å². The van der Waals surface area contributed by atoms with Crippen LogP contribution in [-0.4, -0.2) is 10.2 Å². The lowest BCUT2D eigenvalue weighted by Crippen LogP contribution is -1.83. The molecule has 0 saturated carbocycles. The van der Waals surface area contributed by atoms with Crippen molar-refractivity contribution in [1.82, 2.24) is 10.2 Å². The van der Waals surface area contributed by atoms with E-state index >= 15 is 0 Å². The molecule has 0 unspecified atom stereocenters. The van der Waals surface area contributed by atoms with E-state index in [1.54, 1.807) is 24.0 Å². The van der Waals surface area contributed by atoms with Gasteiger partial charge in [-0.2, -0.15) is 5.10 Å². The number of nitrogens with one attached hydrogen (secondary N) is 1. The Kier molecular flexibility index (Phi) is 3.44. The molecule has 1 aromatic heterocycles. The van der Waals surface area contributed by atoms with Gasteiger partial charge in [0, 0.05) is 16.0 Å². The van der Waals surface area contributed by atoms with Crippen LogP contribution in [0.1, 0.15) is 5.56 Å². The van der Waals surface area contributed by atoms with Crippen molar-refractivity contribution in [3.63, 3.8) is 0 Å². The van der Waals surface area contributed by atoms with Crippen LogP contribution in [-0.2, 0) is 5.75 Å². The topological polar surface area (TPSA) is 28.7 Å².